The van der Waals surface area contributed by atoms with Crippen molar-refractivity contribution >= 4 is 10.8 Å². The number of hydrogen-bond acceptors (Lipinski definition) is 0. The molecule has 0 aliphatic heterocycles. The molecule has 0 heterocycles. The van der Waals surface area contributed by atoms with Crippen molar-refractivity contribution in [3.05, 3.63) is 302 Å². The van der Waals surface area contributed by atoms with Gasteiger partial charge in [0.2, 0.25) is 0 Å². The maximum atomic E-state index is 2.46. The largest absolute Gasteiger partial charge is 0.0683 e. The van der Waals surface area contributed by atoms with E-state index >= 15 is 0 Å². The first kappa shape index (κ1) is 191. The van der Waals surface area contributed by atoms with Gasteiger partial charge in [-0.1, -0.05) is 850 Å². The van der Waals surface area contributed by atoms with Crippen LogP contribution >= 0.6 is 0 Å². The van der Waals surface area contributed by atoms with Gasteiger partial charge in [0.25, 0.3) is 0 Å². The van der Waals surface area contributed by atoms with Crippen LogP contribution in [0.3, 0.4) is 0 Å². The molecule has 5 saturated carbocycles. The second-order valence-corrected chi connectivity index (χ2v) is 33.0. The Morgan fingerprint density at radius 1 is 0.189 bits per heavy atom. The van der Waals surface area contributed by atoms with Gasteiger partial charge in [0, 0.05) is 0 Å². The molecule has 5 aliphatic rings. The molecule has 2 unspecified atom stereocenters. The van der Waals surface area contributed by atoms with E-state index in [0.717, 1.165) is 5.92 Å². The Bertz CT molecular complexity index is 2420. The molecule has 0 bridgehead atoms. The minimum absolute atomic E-state index is 0.500. The predicted octanol–water partition coefficient (Wildman–Crippen LogP) is 54.9. The molecular weight excluding hydrogens is 1720 g/mol. The zero-order chi connectivity index (χ0) is 116. The molecule has 0 saturated heterocycles. The monoisotopic (exact) mass is 2000 g/mol. The molecule has 0 radical (unpaired) electrons. The van der Waals surface area contributed by atoms with Crippen LogP contribution < -0.4 is 0 Å². The van der Waals surface area contributed by atoms with Crippen molar-refractivity contribution in [1.29, 1.82) is 0 Å². The Labute approximate surface area is 915 Å². The molecule has 9 aromatic rings. The Balaban J connectivity index is -0.0000000536. The van der Waals surface area contributed by atoms with Crippen LogP contribution in [0.15, 0.2) is 291 Å². The fourth-order valence-corrected chi connectivity index (χ4v) is 11.6. The van der Waals surface area contributed by atoms with E-state index < -0.39 is 0 Å². The van der Waals surface area contributed by atoms with Crippen LogP contribution in [0.25, 0.3) is 10.8 Å². The fraction of sp³-hybridized carbons (Fsp3) is 0.636. The van der Waals surface area contributed by atoms with Crippen LogP contribution in [0.1, 0.15) is 578 Å². The van der Waals surface area contributed by atoms with E-state index in [1.54, 1.807) is 0 Å². The van der Waals surface area contributed by atoms with Gasteiger partial charge in [0.15, 0.2) is 0 Å². The number of fused-ring (bicyclic) bond motifs is 1. The highest BCUT2D eigenvalue weighted by Crippen LogP contribution is 2.50. The summed E-state index contributed by atoms with van der Waals surface area (Å²) in [6.45, 7) is 118. The van der Waals surface area contributed by atoms with Crippen LogP contribution in [0.2, 0.25) is 0 Å². The van der Waals surface area contributed by atoms with E-state index in [1.165, 1.54) is 208 Å². The Kier molecular flexibility index (Phi) is 273. The lowest BCUT2D eigenvalue weighted by Crippen LogP contribution is -2.34. The van der Waals surface area contributed by atoms with E-state index in [4.69, 9.17) is 0 Å². The summed E-state index contributed by atoms with van der Waals surface area (Å²) in [7, 11) is 0. The zero-order valence-electron chi connectivity index (χ0n) is 110. The summed E-state index contributed by atoms with van der Waals surface area (Å²) < 4.78 is 0. The molecule has 0 nitrogen and oxygen atoms in total. The van der Waals surface area contributed by atoms with Crippen LogP contribution in [-0.4, -0.2) is 0 Å². The average molecular weight is 2000 g/mol. The van der Waals surface area contributed by atoms with Crippen molar-refractivity contribution in [1.82, 2.24) is 0 Å². The van der Waals surface area contributed by atoms with Crippen LogP contribution in [0.4, 0.5) is 0 Å². The van der Waals surface area contributed by atoms with E-state index in [-0.39, 0.29) is 0 Å². The third-order valence-electron chi connectivity index (χ3n) is 16.1. The fourth-order valence-electron chi connectivity index (χ4n) is 11.6. The van der Waals surface area contributed by atoms with Gasteiger partial charge >= 0.3 is 0 Å². The van der Waals surface area contributed by atoms with Crippen LogP contribution in [0, 0.1) is 41.4 Å². The molecule has 0 aromatic heterocycles. The predicted molar refractivity (Wildman–Crippen MR) is 698 cm³/mol. The molecule has 0 amide bonds. The van der Waals surface area contributed by atoms with E-state index in [0.29, 0.717) is 21.7 Å². The van der Waals surface area contributed by atoms with Crippen molar-refractivity contribution in [3.63, 3.8) is 0 Å². The molecule has 0 N–H and O–H groups in total. The lowest BCUT2D eigenvalue weighted by molar-refractivity contribution is 0.0581. The quantitative estimate of drug-likeness (QED) is 0.154. The van der Waals surface area contributed by atoms with Crippen molar-refractivity contribution in [2.75, 3.05) is 0 Å². The topological polar surface area (TPSA) is 0 Å². The summed E-state index contributed by atoms with van der Waals surface area (Å²) in [5, 5.41) is 2.62. The minimum atomic E-state index is 0.500. The van der Waals surface area contributed by atoms with Gasteiger partial charge in [-0.2, -0.15) is 0 Å². The molecule has 14 rings (SSSR count). The first-order valence-electron chi connectivity index (χ1n) is 60.9. The van der Waals surface area contributed by atoms with Crippen molar-refractivity contribution < 1.29 is 0 Å². The molecule has 9 aromatic carbocycles. The summed E-state index contributed by atoms with van der Waals surface area (Å²) >= 11 is 0. The van der Waals surface area contributed by atoms with Gasteiger partial charge < -0.3 is 0 Å². The van der Waals surface area contributed by atoms with Gasteiger partial charge in [-0.3, -0.25) is 0 Å². The normalized spacial score (nSPS) is 12.4. The molecule has 850 valence electrons. The Morgan fingerprint density at radius 3 is 0.371 bits per heavy atom. The Hall–Kier alpha value is -6.76. The maximum absolute atomic E-state index is 2.46. The summed E-state index contributed by atoms with van der Waals surface area (Å²) in [4.78, 5) is 0. The highest BCUT2D eigenvalue weighted by atomic mass is 14.4. The molecule has 5 aliphatic carbocycles. The first-order chi connectivity index (χ1) is 69.5. The molecular formula is C143H278. The molecule has 0 heteroatoms. The lowest BCUT2D eigenvalue weighted by Gasteiger charge is -2.45. The van der Waals surface area contributed by atoms with Crippen molar-refractivity contribution in [2.45, 2.75) is 581 Å². The molecule has 2 atom stereocenters. The van der Waals surface area contributed by atoms with Crippen molar-refractivity contribution in [3.8, 4) is 0 Å². The van der Waals surface area contributed by atoms with Gasteiger partial charge in [0.1, 0.15) is 0 Å². The smallest absolute Gasteiger partial charge is 0.0184 e. The van der Waals surface area contributed by atoms with E-state index in [1.807, 2.05) is 481 Å². The standard InChI is InChI=1S/C12H24.C10H8.2C7H8.3C6H12.5C6H6.C5H10.2C5H12.2C3H8.19C2H6/c1-6-12(5)8-10(2)7-11(3,4)9-12;1-2-6-10-8-4-3-7-9(10)5-1;2*1-7-5-3-2-4-6-7;8*1-2-4-6-5-3-1;1-2-4-5-3-1;2*1-5(2,3)4;2*1-3-2;19*1-2/h10H,6-9H2,1-5H3;1-8H;2*2-6H,1H3;3*1-6H2;5*1-6H;1-5H2;2*1-4H3;2*3H2,1-2H3;19*1-2H3. The van der Waals surface area contributed by atoms with Gasteiger partial charge in [-0.25, -0.2) is 0 Å². The number of benzene rings is 9. The Morgan fingerprint density at radius 2 is 0.287 bits per heavy atom. The van der Waals surface area contributed by atoms with E-state index in [2.05, 4.69) is 204 Å². The van der Waals surface area contributed by atoms with Gasteiger partial charge in [-0.15, -0.1) is 0 Å². The highest BCUT2D eigenvalue weighted by molar-refractivity contribution is 5.82. The average Bonchev–Trinajstić information content (AvgIpc) is 1.24. The highest BCUT2D eigenvalue weighted by Gasteiger charge is 2.38. The second-order valence-electron chi connectivity index (χ2n) is 33.0. The van der Waals surface area contributed by atoms with Crippen LogP contribution in [0.5, 0.6) is 0 Å². The lowest BCUT2D eigenvalue weighted by atomic mass is 9.60. The number of rotatable bonds is 1. The summed E-state index contributed by atoms with van der Waals surface area (Å²) in [5.41, 5.74) is 4.86. The van der Waals surface area contributed by atoms with Crippen LogP contribution in [-0.2, 0) is 0 Å². The summed E-state index contributed by atoms with van der Waals surface area (Å²) in [5.74, 6) is 0.929. The molecule has 5 fully saturated rings. The van der Waals surface area contributed by atoms with Gasteiger partial charge in [0.05, 0.1) is 0 Å². The third-order valence-corrected chi connectivity index (χ3v) is 16.1. The maximum Gasteiger partial charge on any atom is -0.0184 e. The SMILES string of the molecule is C1CCCC1.C1CCCCC1.C1CCCCC1.C1CCCCC1.CC.CC.CC.CC.CC.CC.CC.CC.CC.CC.CC.CC.CC.CC.CC.CC.CC.CC.CC.CC(C)(C)C.CC(C)(C)C.CCC.CCC.CCC1(C)CC(C)CC(C)(C)C1.Cc1ccccc1.Cc1ccccc1.c1ccc2ccccc2c1.c1ccccc1.c1ccccc1.c1ccccc1.c1ccccc1.c1ccccc1. The third kappa shape index (κ3) is 244. The summed E-state index contributed by atoms with van der Waals surface area (Å²) in [6, 6.07) is 97.2. The second kappa shape index (κ2) is 204. The molecule has 143 heavy (non-hydrogen) atoms. The number of hydrogen-bond donors (Lipinski definition) is 0. The minimum Gasteiger partial charge on any atom is -0.0683 e. The van der Waals surface area contributed by atoms with Crippen molar-refractivity contribution in [2.24, 2.45) is 27.6 Å². The number of aryl methyl sites for hydroxylation is 2. The molecule has 0 spiro atoms. The van der Waals surface area contributed by atoms with E-state index in [9.17, 15) is 0 Å². The first-order valence-corrected chi connectivity index (χ1v) is 60.9. The van der Waals surface area contributed by atoms with Gasteiger partial charge in [-0.05, 0) is 71.5 Å². The zero-order valence-corrected chi connectivity index (χ0v) is 110. The summed E-state index contributed by atoms with van der Waals surface area (Å²) in [6.07, 6.45) is 42.6.